The van der Waals surface area contributed by atoms with Crippen LogP contribution in [0.5, 0.6) is 0 Å². The van der Waals surface area contributed by atoms with Crippen molar-refractivity contribution >= 4 is 23.0 Å². The summed E-state index contributed by atoms with van der Waals surface area (Å²) >= 11 is 1.60. The fourth-order valence-corrected chi connectivity index (χ4v) is 2.35. The first-order chi connectivity index (χ1) is 8.99. The van der Waals surface area contributed by atoms with Crippen molar-refractivity contribution in [3.8, 4) is 0 Å². The first kappa shape index (κ1) is 13.7. The number of nitrogen functional groups attached to an aromatic ring is 1. The first-order valence-electron chi connectivity index (χ1n) is 6.21. The lowest BCUT2D eigenvalue weighted by Crippen LogP contribution is -2.21. The van der Waals surface area contributed by atoms with Gasteiger partial charge in [0.05, 0.1) is 17.7 Å². The molecule has 2 heterocycles. The Balaban J connectivity index is 2.32. The number of thiazole rings is 1. The lowest BCUT2D eigenvalue weighted by Gasteiger charge is -2.21. The average molecular weight is 277 g/mol. The van der Waals surface area contributed by atoms with E-state index in [-0.39, 0.29) is 5.92 Å². The van der Waals surface area contributed by atoms with Crippen LogP contribution in [0.3, 0.4) is 0 Å². The van der Waals surface area contributed by atoms with E-state index >= 15 is 0 Å². The van der Waals surface area contributed by atoms with E-state index in [1.54, 1.807) is 11.3 Å². The van der Waals surface area contributed by atoms with Gasteiger partial charge in [-0.15, -0.1) is 11.3 Å². The molecule has 0 atom stereocenters. The van der Waals surface area contributed by atoms with Crippen molar-refractivity contribution in [2.24, 2.45) is 0 Å². The van der Waals surface area contributed by atoms with Crippen molar-refractivity contribution in [2.45, 2.75) is 33.2 Å². The molecule has 0 aliphatic rings. The second-order valence-electron chi connectivity index (χ2n) is 4.91. The molecular weight excluding hydrogens is 258 g/mol. The maximum absolute atomic E-state index is 5.98. The fraction of sp³-hybridized carbons (Fsp3) is 0.462. The Kier molecular flexibility index (Phi) is 3.99. The van der Waals surface area contributed by atoms with Gasteiger partial charge in [-0.3, -0.25) is 0 Å². The molecule has 2 rings (SSSR count). The minimum absolute atomic E-state index is 0.259. The van der Waals surface area contributed by atoms with Crippen LogP contribution in [0.4, 0.5) is 11.6 Å². The van der Waals surface area contributed by atoms with Gasteiger partial charge in [0.1, 0.15) is 17.5 Å². The van der Waals surface area contributed by atoms with Gasteiger partial charge in [-0.1, -0.05) is 13.8 Å². The highest BCUT2D eigenvalue weighted by molar-refractivity contribution is 7.07. The summed E-state index contributed by atoms with van der Waals surface area (Å²) < 4.78 is 0. The normalized spacial score (nSPS) is 11.0. The molecule has 0 fully saturated rings. The molecule has 0 saturated carbocycles. The van der Waals surface area contributed by atoms with Gasteiger partial charge in [0.2, 0.25) is 0 Å². The Hall–Kier alpha value is -1.69. The summed E-state index contributed by atoms with van der Waals surface area (Å²) in [6.07, 6.45) is 0. The summed E-state index contributed by atoms with van der Waals surface area (Å²) in [5.41, 5.74) is 9.77. The van der Waals surface area contributed by atoms with E-state index in [0.29, 0.717) is 5.82 Å². The van der Waals surface area contributed by atoms with Gasteiger partial charge in [-0.2, -0.15) is 0 Å². The lowest BCUT2D eigenvalue weighted by molar-refractivity contribution is 0.759. The van der Waals surface area contributed by atoms with Crippen molar-refractivity contribution in [1.82, 2.24) is 15.0 Å². The van der Waals surface area contributed by atoms with E-state index in [1.165, 1.54) is 0 Å². The predicted octanol–water partition coefficient (Wildman–Crippen LogP) is 2.58. The van der Waals surface area contributed by atoms with E-state index in [2.05, 4.69) is 33.7 Å². The number of hydrogen-bond acceptors (Lipinski definition) is 6. The minimum Gasteiger partial charge on any atom is -0.383 e. The Morgan fingerprint density at radius 3 is 2.68 bits per heavy atom. The van der Waals surface area contributed by atoms with Crippen LogP contribution in [0.15, 0.2) is 10.9 Å². The van der Waals surface area contributed by atoms with Crippen LogP contribution in [0, 0.1) is 6.92 Å². The van der Waals surface area contributed by atoms with E-state index in [9.17, 15) is 0 Å². The topological polar surface area (TPSA) is 67.9 Å². The number of nitrogens with zero attached hydrogens (tertiary/aromatic N) is 4. The SMILES string of the molecule is Cc1c(N)nc(C(C)C)nc1N(C)Cc1cscn1. The molecule has 0 aliphatic carbocycles. The highest BCUT2D eigenvalue weighted by atomic mass is 32.1. The van der Waals surface area contributed by atoms with Gasteiger partial charge in [0.25, 0.3) is 0 Å². The molecule has 5 nitrogen and oxygen atoms in total. The van der Waals surface area contributed by atoms with Gasteiger partial charge >= 0.3 is 0 Å². The largest absolute Gasteiger partial charge is 0.383 e. The smallest absolute Gasteiger partial charge is 0.137 e. The van der Waals surface area contributed by atoms with Crippen molar-refractivity contribution in [3.05, 3.63) is 28.0 Å². The third-order valence-corrected chi connectivity index (χ3v) is 3.57. The Labute approximate surface area is 117 Å². The summed E-state index contributed by atoms with van der Waals surface area (Å²) in [6, 6.07) is 0. The molecule has 0 radical (unpaired) electrons. The van der Waals surface area contributed by atoms with Crippen molar-refractivity contribution in [2.75, 3.05) is 17.7 Å². The molecule has 6 heteroatoms. The summed E-state index contributed by atoms with van der Waals surface area (Å²) in [6.45, 7) is 6.80. The van der Waals surface area contributed by atoms with Crippen LogP contribution in [0.1, 0.15) is 36.8 Å². The number of hydrogen-bond donors (Lipinski definition) is 1. The Morgan fingerprint density at radius 2 is 2.11 bits per heavy atom. The van der Waals surface area contributed by atoms with Crippen LogP contribution >= 0.6 is 11.3 Å². The molecule has 2 N–H and O–H groups in total. The van der Waals surface area contributed by atoms with Crippen LogP contribution in [-0.4, -0.2) is 22.0 Å². The first-order valence-corrected chi connectivity index (χ1v) is 7.15. The van der Waals surface area contributed by atoms with Crippen molar-refractivity contribution < 1.29 is 0 Å². The molecule has 0 unspecified atom stereocenters. The molecule has 19 heavy (non-hydrogen) atoms. The van der Waals surface area contributed by atoms with E-state index in [1.807, 2.05) is 24.9 Å². The van der Waals surface area contributed by atoms with Crippen LogP contribution in [-0.2, 0) is 6.54 Å². The number of rotatable bonds is 4. The summed E-state index contributed by atoms with van der Waals surface area (Å²) in [5, 5.41) is 2.04. The van der Waals surface area contributed by atoms with E-state index < -0.39 is 0 Å². The summed E-state index contributed by atoms with van der Waals surface area (Å²) in [5.74, 6) is 2.47. The zero-order valence-electron chi connectivity index (χ0n) is 11.7. The average Bonchev–Trinajstić information content (AvgIpc) is 2.84. The molecule has 0 amide bonds. The van der Waals surface area contributed by atoms with Gasteiger partial charge in [-0.25, -0.2) is 15.0 Å². The van der Waals surface area contributed by atoms with Gasteiger partial charge < -0.3 is 10.6 Å². The number of anilines is 2. The second-order valence-corrected chi connectivity index (χ2v) is 5.62. The van der Waals surface area contributed by atoms with Gasteiger partial charge in [0.15, 0.2) is 0 Å². The zero-order chi connectivity index (χ0) is 14.0. The molecule has 2 aromatic rings. The standard InChI is InChI=1S/C13H19N5S/c1-8(2)12-16-11(14)9(3)13(17-12)18(4)5-10-6-19-7-15-10/h6-8H,5H2,1-4H3,(H2,14,16,17). The monoisotopic (exact) mass is 277 g/mol. The van der Waals surface area contributed by atoms with Crippen LogP contribution in [0.2, 0.25) is 0 Å². The van der Waals surface area contributed by atoms with Crippen molar-refractivity contribution in [1.29, 1.82) is 0 Å². The minimum atomic E-state index is 0.259. The highest BCUT2D eigenvalue weighted by Crippen LogP contribution is 2.24. The molecular formula is C13H19N5S. The molecule has 0 spiro atoms. The molecule has 0 saturated heterocycles. The van der Waals surface area contributed by atoms with E-state index in [4.69, 9.17) is 5.73 Å². The molecule has 0 aromatic carbocycles. The molecule has 2 aromatic heterocycles. The van der Waals surface area contributed by atoms with Crippen LogP contribution in [0.25, 0.3) is 0 Å². The van der Waals surface area contributed by atoms with Crippen molar-refractivity contribution in [3.63, 3.8) is 0 Å². The number of nitrogens with two attached hydrogens (primary N) is 1. The van der Waals surface area contributed by atoms with E-state index in [0.717, 1.165) is 29.4 Å². The zero-order valence-corrected chi connectivity index (χ0v) is 12.5. The fourth-order valence-electron chi connectivity index (χ4n) is 1.80. The number of aromatic nitrogens is 3. The highest BCUT2D eigenvalue weighted by Gasteiger charge is 2.15. The van der Waals surface area contributed by atoms with Crippen LogP contribution < -0.4 is 10.6 Å². The Bertz CT molecular complexity index is 550. The van der Waals surface area contributed by atoms with Gasteiger partial charge in [-0.05, 0) is 6.92 Å². The summed E-state index contributed by atoms with van der Waals surface area (Å²) in [4.78, 5) is 15.3. The molecule has 102 valence electrons. The molecule has 0 aliphatic heterocycles. The maximum atomic E-state index is 5.98. The lowest BCUT2D eigenvalue weighted by atomic mass is 10.2. The Morgan fingerprint density at radius 1 is 1.37 bits per heavy atom. The predicted molar refractivity (Wildman–Crippen MR) is 79.5 cm³/mol. The summed E-state index contributed by atoms with van der Waals surface area (Å²) in [7, 11) is 2.00. The second kappa shape index (κ2) is 5.52. The third-order valence-electron chi connectivity index (χ3n) is 2.94. The molecule has 0 bridgehead atoms. The van der Waals surface area contributed by atoms with Gasteiger partial charge in [0, 0.05) is 23.9 Å². The third kappa shape index (κ3) is 3.01. The quantitative estimate of drug-likeness (QED) is 0.930. The maximum Gasteiger partial charge on any atom is 0.137 e.